The molecule has 0 amide bonds. The Balaban J connectivity index is 3.00. The van der Waals surface area contributed by atoms with Crippen LogP contribution in [-0.2, 0) is 4.43 Å². The second kappa shape index (κ2) is 7.29. The standard InChI is InChI=1S/C8H20OSi/c1-4-6-8-10(3)9-7-5-2/h10H,4-8H2,1-3H3. The van der Waals surface area contributed by atoms with Gasteiger partial charge in [-0.05, 0) is 19.0 Å². The van der Waals surface area contributed by atoms with Gasteiger partial charge in [0.1, 0.15) is 0 Å². The molecule has 0 aromatic heterocycles. The van der Waals surface area contributed by atoms with E-state index in [1.54, 1.807) is 0 Å². The van der Waals surface area contributed by atoms with Crippen molar-refractivity contribution in [3.05, 3.63) is 0 Å². The normalized spacial score (nSPS) is 13.5. The molecule has 2 heteroatoms. The minimum atomic E-state index is -0.737. The van der Waals surface area contributed by atoms with Gasteiger partial charge in [0.2, 0.25) is 0 Å². The molecule has 0 aromatic carbocycles. The Labute approximate surface area is 66.5 Å². The lowest BCUT2D eigenvalue weighted by atomic mass is 10.4. The lowest BCUT2D eigenvalue weighted by Crippen LogP contribution is -2.13. The maximum Gasteiger partial charge on any atom is 0.173 e. The van der Waals surface area contributed by atoms with Gasteiger partial charge < -0.3 is 4.43 Å². The molecule has 0 aliphatic carbocycles. The van der Waals surface area contributed by atoms with Crippen LogP contribution in [0.4, 0.5) is 0 Å². The van der Waals surface area contributed by atoms with Gasteiger partial charge in [-0.1, -0.05) is 26.7 Å². The zero-order chi connectivity index (χ0) is 7.82. The van der Waals surface area contributed by atoms with Crippen molar-refractivity contribution >= 4 is 9.04 Å². The monoisotopic (exact) mass is 160 g/mol. The second-order valence-corrected chi connectivity index (χ2v) is 5.36. The Morgan fingerprint density at radius 3 is 2.40 bits per heavy atom. The van der Waals surface area contributed by atoms with E-state index in [1.807, 2.05) is 0 Å². The van der Waals surface area contributed by atoms with E-state index in [9.17, 15) is 0 Å². The van der Waals surface area contributed by atoms with Crippen molar-refractivity contribution in [2.45, 2.75) is 45.7 Å². The maximum absolute atomic E-state index is 5.63. The van der Waals surface area contributed by atoms with Crippen LogP contribution in [-0.4, -0.2) is 15.6 Å². The first-order chi connectivity index (χ1) is 4.81. The predicted octanol–water partition coefficient (Wildman–Crippen LogP) is 2.57. The first-order valence-corrected chi connectivity index (χ1v) is 6.87. The Hall–Kier alpha value is 0.177. The molecular weight excluding hydrogens is 140 g/mol. The quantitative estimate of drug-likeness (QED) is 0.543. The number of hydrogen-bond donors (Lipinski definition) is 0. The van der Waals surface area contributed by atoms with E-state index in [1.165, 1.54) is 25.3 Å². The largest absolute Gasteiger partial charge is 0.420 e. The summed E-state index contributed by atoms with van der Waals surface area (Å²) in [5.41, 5.74) is 0. The lowest BCUT2D eigenvalue weighted by molar-refractivity contribution is 0.321. The van der Waals surface area contributed by atoms with Gasteiger partial charge in [-0.2, -0.15) is 0 Å². The van der Waals surface area contributed by atoms with E-state index in [2.05, 4.69) is 20.4 Å². The Morgan fingerprint density at radius 2 is 1.90 bits per heavy atom. The molecule has 1 atom stereocenters. The molecule has 0 bridgehead atoms. The Kier molecular flexibility index (Phi) is 7.41. The molecule has 0 radical (unpaired) electrons. The minimum Gasteiger partial charge on any atom is -0.420 e. The summed E-state index contributed by atoms with van der Waals surface area (Å²) in [5.74, 6) is 0. The number of rotatable bonds is 6. The minimum absolute atomic E-state index is 0.737. The highest BCUT2D eigenvalue weighted by atomic mass is 28.3. The van der Waals surface area contributed by atoms with Gasteiger partial charge in [0.05, 0.1) is 0 Å². The summed E-state index contributed by atoms with van der Waals surface area (Å²) in [5, 5.41) is 0. The van der Waals surface area contributed by atoms with Gasteiger partial charge in [0, 0.05) is 6.61 Å². The molecule has 0 aliphatic heterocycles. The number of unbranched alkanes of at least 4 members (excludes halogenated alkanes) is 1. The predicted molar refractivity (Wildman–Crippen MR) is 49.0 cm³/mol. The highest BCUT2D eigenvalue weighted by Gasteiger charge is 2.01. The average Bonchev–Trinajstić information content (AvgIpc) is 1.97. The molecule has 0 rings (SSSR count). The topological polar surface area (TPSA) is 9.23 Å². The molecule has 0 saturated carbocycles. The zero-order valence-electron chi connectivity index (χ0n) is 7.52. The molecule has 0 aliphatic rings. The summed E-state index contributed by atoms with van der Waals surface area (Å²) < 4.78 is 5.63. The zero-order valence-corrected chi connectivity index (χ0v) is 8.68. The van der Waals surface area contributed by atoms with Gasteiger partial charge in [-0.25, -0.2) is 0 Å². The fraction of sp³-hybridized carbons (Fsp3) is 1.00. The van der Waals surface area contributed by atoms with Crippen LogP contribution in [0.1, 0.15) is 33.1 Å². The number of hydrogen-bond acceptors (Lipinski definition) is 1. The van der Waals surface area contributed by atoms with Crippen LogP contribution >= 0.6 is 0 Å². The van der Waals surface area contributed by atoms with Crippen LogP contribution < -0.4 is 0 Å². The van der Waals surface area contributed by atoms with Crippen molar-refractivity contribution in [3.8, 4) is 0 Å². The van der Waals surface area contributed by atoms with E-state index in [0.29, 0.717) is 0 Å². The molecule has 0 spiro atoms. The smallest absolute Gasteiger partial charge is 0.173 e. The van der Waals surface area contributed by atoms with Crippen LogP contribution in [0.25, 0.3) is 0 Å². The summed E-state index contributed by atoms with van der Waals surface area (Å²) in [6.45, 7) is 7.68. The van der Waals surface area contributed by atoms with Crippen molar-refractivity contribution in [2.75, 3.05) is 6.61 Å². The van der Waals surface area contributed by atoms with Crippen LogP contribution in [0.5, 0.6) is 0 Å². The fourth-order valence-corrected chi connectivity index (χ4v) is 2.68. The van der Waals surface area contributed by atoms with Gasteiger partial charge in [-0.15, -0.1) is 0 Å². The third-order valence-electron chi connectivity index (χ3n) is 1.57. The highest BCUT2D eigenvalue weighted by Crippen LogP contribution is 2.01. The van der Waals surface area contributed by atoms with Crippen LogP contribution in [0.15, 0.2) is 0 Å². The van der Waals surface area contributed by atoms with E-state index >= 15 is 0 Å². The van der Waals surface area contributed by atoms with E-state index in [4.69, 9.17) is 4.43 Å². The first kappa shape index (κ1) is 10.2. The van der Waals surface area contributed by atoms with Crippen LogP contribution in [0, 0.1) is 0 Å². The van der Waals surface area contributed by atoms with E-state index in [0.717, 1.165) is 6.61 Å². The average molecular weight is 160 g/mol. The van der Waals surface area contributed by atoms with Crippen molar-refractivity contribution in [3.63, 3.8) is 0 Å². The molecule has 62 valence electrons. The molecule has 0 aromatic rings. The van der Waals surface area contributed by atoms with Crippen LogP contribution in [0.3, 0.4) is 0 Å². The molecule has 1 unspecified atom stereocenters. The van der Waals surface area contributed by atoms with Crippen molar-refractivity contribution in [1.82, 2.24) is 0 Å². The van der Waals surface area contributed by atoms with Crippen molar-refractivity contribution < 1.29 is 4.43 Å². The maximum atomic E-state index is 5.63. The van der Waals surface area contributed by atoms with Gasteiger partial charge in [0.15, 0.2) is 9.04 Å². The third-order valence-corrected chi connectivity index (χ3v) is 3.60. The van der Waals surface area contributed by atoms with Gasteiger partial charge >= 0.3 is 0 Å². The third kappa shape index (κ3) is 6.30. The fourth-order valence-electron chi connectivity index (χ4n) is 0.894. The van der Waals surface area contributed by atoms with Gasteiger partial charge in [-0.3, -0.25) is 0 Å². The lowest BCUT2D eigenvalue weighted by Gasteiger charge is -2.08. The molecule has 10 heavy (non-hydrogen) atoms. The molecule has 0 fully saturated rings. The highest BCUT2D eigenvalue weighted by molar-refractivity contribution is 6.50. The molecule has 0 heterocycles. The SMILES string of the molecule is CCCC[SiH](C)OCCC. The molecule has 0 saturated heterocycles. The first-order valence-electron chi connectivity index (χ1n) is 4.42. The van der Waals surface area contributed by atoms with Gasteiger partial charge in [0.25, 0.3) is 0 Å². The van der Waals surface area contributed by atoms with E-state index < -0.39 is 9.04 Å². The van der Waals surface area contributed by atoms with Crippen molar-refractivity contribution in [2.24, 2.45) is 0 Å². The Bertz CT molecular complexity index is 58.3. The summed E-state index contributed by atoms with van der Waals surface area (Å²) in [7, 11) is -0.737. The molecule has 1 nitrogen and oxygen atoms in total. The summed E-state index contributed by atoms with van der Waals surface area (Å²) in [6.07, 6.45) is 3.84. The summed E-state index contributed by atoms with van der Waals surface area (Å²) >= 11 is 0. The summed E-state index contributed by atoms with van der Waals surface area (Å²) in [4.78, 5) is 0. The summed E-state index contributed by atoms with van der Waals surface area (Å²) in [6, 6.07) is 1.36. The second-order valence-electron chi connectivity index (χ2n) is 2.82. The van der Waals surface area contributed by atoms with E-state index in [-0.39, 0.29) is 0 Å². The molecular formula is C8H20OSi. The van der Waals surface area contributed by atoms with Crippen LogP contribution in [0.2, 0.25) is 12.6 Å². The Morgan fingerprint density at radius 1 is 1.20 bits per heavy atom. The van der Waals surface area contributed by atoms with Crippen molar-refractivity contribution in [1.29, 1.82) is 0 Å². The molecule has 0 N–H and O–H groups in total.